The monoisotopic (exact) mass is 333 g/mol. The Morgan fingerprint density at radius 1 is 1.56 bits per heavy atom. The number of benzene rings is 1. The van der Waals surface area contributed by atoms with Crippen LogP contribution in [0.25, 0.3) is 0 Å². The maximum Gasteiger partial charge on any atom is 0.256 e. The van der Waals surface area contributed by atoms with Crippen molar-refractivity contribution in [1.82, 2.24) is 4.90 Å². The molecule has 1 saturated carbocycles. The van der Waals surface area contributed by atoms with Crippen LogP contribution in [-0.4, -0.2) is 29.2 Å². The fourth-order valence-electron chi connectivity index (χ4n) is 2.14. The predicted octanol–water partition coefficient (Wildman–Crippen LogP) is 3.72. The van der Waals surface area contributed by atoms with E-state index in [1.165, 1.54) is 18.2 Å². The van der Waals surface area contributed by atoms with Crippen LogP contribution < -0.4 is 0 Å². The van der Waals surface area contributed by atoms with Gasteiger partial charge in [0, 0.05) is 23.4 Å². The molecule has 1 aromatic rings. The molecule has 0 spiro atoms. The number of carbonyl (C=O) groups is 1. The third-order valence-electron chi connectivity index (χ3n) is 3.22. The minimum absolute atomic E-state index is 0.0802. The van der Waals surface area contributed by atoms with Crippen LogP contribution in [0.15, 0.2) is 18.2 Å². The molecular weight excluding hydrogens is 321 g/mol. The molecule has 0 atom stereocenters. The summed E-state index contributed by atoms with van der Waals surface area (Å²) in [4.78, 5) is 14.2. The molecule has 1 aromatic carbocycles. The van der Waals surface area contributed by atoms with Gasteiger partial charge < -0.3 is 4.90 Å². The summed E-state index contributed by atoms with van der Waals surface area (Å²) in [5.41, 5.74) is 0.0802. The molecule has 0 aromatic heterocycles. The third-order valence-corrected chi connectivity index (χ3v) is 4.20. The Kier molecular flexibility index (Phi) is 4.28. The Balaban J connectivity index is 2.01. The standard InChI is InChI=1S/C13H14BrClFNO/c1-17(7-8-4-9(14)5-8)13(18)11-3-2-10(15)6-12(11)16/h2-3,6,8-9H,4-5,7H2,1H3. The largest absolute Gasteiger partial charge is 0.341 e. The van der Waals surface area contributed by atoms with E-state index < -0.39 is 5.82 Å². The number of hydrogen-bond donors (Lipinski definition) is 0. The maximum absolute atomic E-state index is 13.6. The van der Waals surface area contributed by atoms with Crippen molar-refractivity contribution in [2.75, 3.05) is 13.6 Å². The van der Waals surface area contributed by atoms with Crippen molar-refractivity contribution in [1.29, 1.82) is 0 Å². The molecule has 2 nitrogen and oxygen atoms in total. The molecule has 1 aliphatic rings. The van der Waals surface area contributed by atoms with Gasteiger partial charge in [-0.25, -0.2) is 4.39 Å². The summed E-state index contributed by atoms with van der Waals surface area (Å²) in [6.45, 7) is 0.670. The van der Waals surface area contributed by atoms with Gasteiger partial charge in [-0.1, -0.05) is 27.5 Å². The molecule has 0 aliphatic heterocycles. The second kappa shape index (κ2) is 5.57. The summed E-state index contributed by atoms with van der Waals surface area (Å²) < 4.78 is 13.6. The van der Waals surface area contributed by atoms with Crippen LogP contribution in [0.4, 0.5) is 4.39 Å². The maximum atomic E-state index is 13.6. The van der Waals surface area contributed by atoms with Gasteiger partial charge >= 0.3 is 0 Å². The molecule has 0 radical (unpaired) electrons. The molecule has 0 N–H and O–H groups in total. The van der Waals surface area contributed by atoms with E-state index in [1.807, 2.05) is 0 Å². The van der Waals surface area contributed by atoms with E-state index in [9.17, 15) is 9.18 Å². The van der Waals surface area contributed by atoms with E-state index in [0.29, 0.717) is 22.3 Å². The van der Waals surface area contributed by atoms with Crippen LogP contribution >= 0.6 is 27.5 Å². The number of halogens is 3. The van der Waals surface area contributed by atoms with E-state index in [1.54, 1.807) is 11.9 Å². The van der Waals surface area contributed by atoms with E-state index >= 15 is 0 Å². The average molecular weight is 335 g/mol. The molecule has 1 aliphatic carbocycles. The van der Waals surface area contributed by atoms with Gasteiger partial charge in [0.25, 0.3) is 5.91 Å². The van der Waals surface area contributed by atoms with Crippen molar-refractivity contribution in [3.05, 3.63) is 34.6 Å². The van der Waals surface area contributed by atoms with Gasteiger partial charge in [-0.2, -0.15) is 0 Å². The lowest BCUT2D eigenvalue weighted by molar-refractivity contribution is 0.0744. The summed E-state index contributed by atoms with van der Waals surface area (Å²) in [6, 6.07) is 4.13. The van der Waals surface area contributed by atoms with Crippen molar-refractivity contribution in [2.24, 2.45) is 5.92 Å². The van der Waals surface area contributed by atoms with Gasteiger partial charge in [-0.05, 0) is 37.0 Å². The van der Waals surface area contributed by atoms with Gasteiger partial charge in [-0.3, -0.25) is 4.79 Å². The minimum atomic E-state index is -0.564. The number of rotatable bonds is 3. The topological polar surface area (TPSA) is 20.3 Å². The molecule has 2 rings (SSSR count). The van der Waals surface area contributed by atoms with Crippen LogP contribution in [0.2, 0.25) is 5.02 Å². The van der Waals surface area contributed by atoms with Gasteiger partial charge in [-0.15, -0.1) is 0 Å². The summed E-state index contributed by atoms with van der Waals surface area (Å²) in [5.74, 6) is -0.341. The lowest BCUT2D eigenvalue weighted by atomic mass is 9.85. The molecule has 1 amide bonds. The van der Waals surface area contributed by atoms with Crippen molar-refractivity contribution in [3.63, 3.8) is 0 Å². The number of amides is 1. The molecule has 0 heterocycles. The summed E-state index contributed by atoms with van der Waals surface area (Å²) in [5, 5.41) is 0.299. The number of hydrogen-bond acceptors (Lipinski definition) is 1. The van der Waals surface area contributed by atoms with Crippen LogP contribution in [0, 0.1) is 11.7 Å². The SMILES string of the molecule is CN(CC1CC(Br)C1)C(=O)c1ccc(Cl)cc1F. The number of alkyl halides is 1. The van der Waals surface area contributed by atoms with Crippen molar-refractivity contribution in [3.8, 4) is 0 Å². The first-order valence-corrected chi connectivity index (χ1v) is 7.11. The lowest BCUT2D eigenvalue weighted by Crippen LogP contribution is -2.38. The molecule has 0 unspecified atom stereocenters. The highest BCUT2D eigenvalue weighted by Crippen LogP contribution is 2.33. The average Bonchev–Trinajstić information content (AvgIpc) is 2.26. The highest BCUT2D eigenvalue weighted by molar-refractivity contribution is 9.09. The summed E-state index contributed by atoms with van der Waals surface area (Å²) >= 11 is 9.18. The molecule has 18 heavy (non-hydrogen) atoms. The molecule has 0 saturated heterocycles. The van der Waals surface area contributed by atoms with Crippen LogP contribution in [-0.2, 0) is 0 Å². The smallest absolute Gasteiger partial charge is 0.256 e. The quantitative estimate of drug-likeness (QED) is 0.771. The summed E-state index contributed by atoms with van der Waals surface area (Å²) in [6.07, 6.45) is 2.14. The Labute approximate surface area is 119 Å². The van der Waals surface area contributed by atoms with Crippen LogP contribution in [0.1, 0.15) is 23.2 Å². The van der Waals surface area contributed by atoms with Gasteiger partial charge in [0.1, 0.15) is 5.82 Å². The summed E-state index contributed by atoms with van der Waals surface area (Å²) in [7, 11) is 1.71. The van der Waals surface area contributed by atoms with E-state index in [-0.39, 0.29) is 11.5 Å². The zero-order valence-corrected chi connectivity index (χ0v) is 12.3. The van der Waals surface area contributed by atoms with Crippen LogP contribution in [0.3, 0.4) is 0 Å². The highest BCUT2D eigenvalue weighted by Gasteiger charge is 2.29. The first kappa shape index (κ1) is 13.8. The first-order chi connectivity index (χ1) is 8.47. The van der Waals surface area contributed by atoms with Crippen LogP contribution in [0.5, 0.6) is 0 Å². The van der Waals surface area contributed by atoms with Gasteiger partial charge in [0.05, 0.1) is 5.56 Å². The molecule has 98 valence electrons. The second-order valence-corrected chi connectivity index (χ2v) is 6.48. The Bertz CT molecular complexity index is 462. The fraction of sp³-hybridized carbons (Fsp3) is 0.462. The number of carbonyl (C=O) groups excluding carboxylic acids is 1. The predicted molar refractivity (Wildman–Crippen MR) is 73.8 cm³/mol. The first-order valence-electron chi connectivity index (χ1n) is 5.82. The van der Waals surface area contributed by atoms with Gasteiger partial charge in [0.15, 0.2) is 0 Å². The molecule has 1 fully saturated rings. The second-order valence-electron chi connectivity index (χ2n) is 4.74. The van der Waals surface area contributed by atoms with Crippen molar-refractivity contribution in [2.45, 2.75) is 17.7 Å². The van der Waals surface area contributed by atoms with Crippen molar-refractivity contribution < 1.29 is 9.18 Å². The van der Waals surface area contributed by atoms with E-state index in [4.69, 9.17) is 11.6 Å². The van der Waals surface area contributed by atoms with E-state index in [0.717, 1.165) is 12.8 Å². The van der Waals surface area contributed by atoms with Gasteiger partial charge in [0.2, 0.25) is 0 Å². The zero-order chi connectivity index (χ0) is 13.3. The molecule has 0 bridgehead atoms. The Hall–Kier alpha value is -0.610. The highest BCUT2D eigenvalue weighted by atomic mass is 79.9. The Morgan fingerprint density at radius 2 is 2.22 bits per heavy atom. The van der Waals surface area contributed by atoms with E-state index in [2.05, 4.69) is 15.9 Å². The lowest BCUT2D eigenvalue weighted by Gasteiger charge is -2.34. The minimum Gasteiger partial charge on any atom is -0.341 e. The number of nitrogens with zero attached hydrogens (tertiary/aromatic N) is 1. The third kappa shape index (κ3) is 3.04. The Morgan fingerprint density at radius 3 is 2.78 bits per heavy atom. The normalized spacial score (nSPS) is 22.4. The zero-order valence-electron chi connectivity index (χ0n) is 10.00. The molecule has 5 heteroatoms. The molecular formula is C13H14BrClFNO. The van der Waals surface area contributed by atoms with Crippen molar-refractivity contribution >= 4 is 33.4 Å². The fourth-order valence-corrected chi connectivity index (χ4v) is 3.36.